The van der Waals surface area contributed by atoms with Crippen molar-refractivity contribution in [2.45, 2.75) is 12.5 Å². The van der Waals surface area contributed by atoms with Crippen LogP contribution in [-0.4, -0.2) is 36.5 Å². The molecule has 144 valence electrons. The fourth-order valence-electron chi connectivity index (χ4n) is 2.21. The Hall–Kier alpha value is -2.25. The van der Waals surface area contributed by atoms with Crippen molar-refractivity contribution in [1.29, 1.82) is 0 Å². The molecule has 8 heteroatoms. The highest BCUT2D eigenvalue weighted by Gasteiger charge is 2.21. The highest BCUT2D eigenvalue weighted by Crippen LogP contribution is 2.19. The Kier molecular flexibility index (Phi) is 8.42. The highest BCUT2D eigenvalue weighted by molar-refractivity contribution is 7.98. The summed E-state index contributed by atoms with van der Waals surface area (Å²) in [7, 11) is 0. The van der Waals surface area contributed by atoms with Crippen molar-refractivity contribution in [2.24, 2.45) is 0 Å². The number of anilines is 1. The number of carbonyl (C=O) groups is 2. The third kappa shape index (κ3) is 7.11. The molecule has 0 aromatic heterocycles. The number of hydrogen-bond donors (Lipinski definition) is 2. The molecule has 2 aromatic carbocycles. The summed E-state index contributed by atoms with van der Waals surface area (Å²) in [5.74, 6) is -0.127. The zero-order chi connectivity index (χ0) is 19.6. The van der Waals surface area contributed by atoms with E-state index < -0.39 is 23.7 Å². The Morgan fingerprint density at radius 3 is 2.63 bits per heavy atom. The Balaban J connectivity index is 1.94. The molecular weight excluding hydrogens is 391 g/mol. The number of nitrogens with one attached hydrogen (secondary N) is 2. The van der Waals surface area contributed by atoms with Crippen LogP contribution in [0.5, 0.6) is 5.75 Å². The maximum Gasteiger partial charge on any atom is 0.258 e. The minimum Gasteiger partial charge on any atom is -0.484 e. The lowest BCUT2D eigenvalue weighted by atomic mass is 10.2. The number of halogens is 2. The minimum absolute atomic E-state index is 0.0891. The van der Waals surface area contributed by atoms with Crippen LogP contribution in [0, 0.1) is 5.82 Å². The summed E-state index contributed by atoms with van der Waals surface area (Å²) in [6.07, 6.45) is 2.36. The molecule has 0 heterocycles. The van der Waals surface area contributed by atoms with Crippen LogP contribution < -0.4 is 15.4 Å². The van der Waals surface area contributed by atoms with Gasteiger partial charge in [0.2, 0.25) is 5.91 Å². The van der Waals surface area contributed by atoms with Gasteiger partial charge in [0.15, 0.2) is 6.61 Å². The predicted molar refractivity (Wildman–Crippen MR) is 107 cm³/mol. The number of para-hydroxylation sites is 1. The molecule has 0 aliphatic carbocycles. The van der Waals surface area contributed by atoms with E-state index in [4.69, 9.17) is 16.3 Å². The number of ether oxygens (including phenoxy) is 1. The molecule has 27 heavy (non-hydrogen) atoms. The van der Waals surface area contributed by atoms with Gasteiger partial charge in [-0.25, -0.2) is 4.39 Å². The van der Waals surface area contributed by atoms with E-state index in [0.717, 1.165) is 0 Å². The summed E-state index contributed by atoms with van der Waals surface area (Å²) >= 11 is 7.29. The maximum absolute atomic E-state index is 13.2. The van der Waals surface area contributed by atoms with Gasteiger partial charge < -0.3 is 15.4 Å². The molecule has 0 saturated heterocycles. The normalized spacial score (nSPS) is 11.5. The van der Waals surface area contributed by atoms with Crippen molar-refractivity contribution in [3.63, 3.8) is 0 Å². The van der Waals surface area contributed by atoms with Gasteiger partial charge >= 0.3 is 0 Å². The number of hydrogen-bond acceptors (Lipinski definition) is 4. The average Bonchev–Trinajstić information content (AvgIpc) is 2.67. The van der Waals surface area contributed by atoms with E-state index in [1.807, 2.05) is 12.3 Å². The molecule has 0 fully saturated rings. The lowest BCUT2D eigenvalue weighted by molar-refractivity contribution is -0.127. The van der Waals surface area contributed by atoms with E-state index in [2.05, 4.69) is 10.6 Å². The zero-order valence-electron chi connectivity index (χ0n) is 14.7. The molecule has 0 aliphatic rings. The first-order valence-electron chi connectivity index (χ1n) is 8.21. The number of rotatable bonds is 9. The van der Waals surface area contributed by atoms with Crippen molar-refractivity contribution in [2.75, 3.05) is 23.9 Å². The van der Waals surface area contributed by atoms with E-state index in [1.54, 1.807) is 36.0 Å². The van der Waals surface area contributed by atoms with Gasteiger partial charge in [-0.15, -0.1) is 0 Å². The standard InChI is InChI=1S/C19H20ClFN2O3S/c1-27-10-9-17(19(25)22-13-7-8-16(21)15(20)11-13)23-18(24)12-26-14-5-3-2-4-6-14/h2-8,11,17H,9-10,12H2,1H3,(H,22,25)(H,23,24)/t17-/m1/s1. The lowest BCUT2D eigenvalue weighted by Gasteiger charge is -2.18. The topological polar surface area (TPSA) is 67.4 Å². The van der Waals surface area contributed by atoms with Gasteiger partial charge in [0, 0.05) is 5.69 Å². The molecule has 2 amide bonds. The van der Waals surface area contributed by atoms with Gasteiger partial charge in [0.1, 0.15) is 17.6 Å². The van der Waals surface area contributed by atoms with Crippen molar-refractivity contribution < 1.29 is 18.7 Å². The van der Waals surface area contributed by atoms with Crippen LogP contribution in [0.1, 0.15) is 6.42 Å². The molecule has 0 bridgehead atoms. The van der Waals surface area contributed by atoms with E-state index in [0.29, 0.717) is 23.6 Å². The molecular formula is C19H20ClFN2O3S. The number of thioether (sulfide) groups is 1. The first kappa shape index (κ1) is 21.1. The van der Waals surface area contributed by atoms with Crippen LogP contribution in [0.2, 0.25) is 5.02 Å². The third-order valence-corrected chi connectivity index (χ3v) is 4.50. The number of amides is 2. The van der Waals surface area contributed by atoms with Crippen molar-refractivity contribution in [3.05, 3.63) is 59.4 Å². The molecule has 2 rings (SSSR count). The van der Waals surface area contributed by atoms with E-state index in [9.17, 15) is 14.0 Å². The summed E-state index contributed by atoms with van der Waals surface area (Å²) in [6, 6.07) is 12.1. The van der Waals surface area contributed by atoms with Crippen molar-refractivity contribution >= 4 is 40.9 Å². The van der Waals surface area contributed by atoms with Gasteiger partial charge in [-0.05, 0) is 48.8 Å². The third-order valence-electron chi connectivity index (χ3n) is 3.56. The maximum atomic E-state index is 13.2. The van der Waals surface area contributed by atoms with Gasteiger partial charge in [0.25, 0.3) is 5.91 Å². The van der Waals surface area contributed by atoms with Crippen LogP contribution >= 0.6 is 23.4 Å². The molecule has 1 atom stereocenters. The summed E-state index contributed by atoms with van der Waals surface area (Å²) < 4.78 is 18.6. The lowest BCUT2D eigenvalue weighted by Crippen LogP contribution is -2.45. The molecule has 2 aromatic rings. The second-order valence-electron chi connectivity index (χ2n) is 5.62. The number of benzene rings is 2. The van der Waals surface area contributed by atoms with Gasteiger partial charge in [0.05, 0.1) is 5.02 Å². The summed E-state index contributed by atoms with van der Waals surface area (Å²) in [5.41, 5.74) is 0.357. The van der Waals surface area contributed by atoms with E-state index in [-0.39, 0.29) is 11.6 Å². The molecule has 2 N–H and O–H groups in total. The van der Waals surface area contributed by atoms with Gasteiger partial charge in [-0.1, -0.05) is 29.8 Å². The largest absolute Gasteiger partial charge is 0.484 e. The van der Waals surface area contributed by atoms with Crippen molar-refractivity contribution in [3.8, 4) is 5.75 Å². The fraction of sp³-hybridized carbons (Fsp3) is 0.263. The number of carbonyl (C=O) groups excluding carboxylic acids is 2. The highest BCUT2D eigenvalue weighted by atomic mass is 35.5. The first-order chi connectivity index (χ1) is 13.0. The van der Waals surface area contributed by atoms with Gasteiger partial charge in [-0.2, -0.15) is 11.8 Å². The Morgan fingerprint density at radius 2 is 1.96 bits per heavy atom. The summed E-state index contributed by atoms with van der Waals surface area (Å²) in [6.45, 7) is -0.199. The molecule has 0 saturated carbocycles. The zero-order valence-corrected chi connectivity index (χ0v) is 16.3. The van der Waals surface area contributed by atoms with Crippen LogP contribution in [0.25, 0.3) is 0 Å². The SMILES string of the molecule is CSCC[C@@H](NC(=O)COc1ccccc1)C(=O)Nc1ccc(F)c(Cl)c1. The fourth-order valence-corrected chi connectivity index (χ4v) is 2.86. The Morgan fingerprint density at radius 1 is 1.22 bits per heavy atom. The first-order valence-corrected chi connectivity index (χ1v) is 9.99. The quantitative estimate of drug-likeness (QED) is 0.661. The summed E-state index contributed by atoms with van der Waals surface area (Å²) in [4.78, 5) is 24.7. The average molecular weight is 411 g/mol. The Labute approximate surface area is 166 Å². The molecule has 0 spiro atoms. The molecule has 5 nitrogen and oxygen atoms in total. The minimum atomic E-state index is -0.742. The molecule has 0 radical (unpaired) electrons. The van der Waals surface area contributed by atoms with Gasteiger partial charge in [-0.3, -0.25) is 9.59 Å². The van der Waals surface area contributed by atoms with Crippen LogP contribution in [0.4, 0.5) is 10.1 Å². The summed E-state index contributed by atoms with van der Waals surface area (Å²) in [5, 5.41) is 5.23. The van der Waals surface area contributed by atoms with Crippen LogP contribution in [0.15, 0.2) is 48.5 Å². The Bertz CT molecular complexity index is 777. The van der Waals surface area contributed by atoms with Crippen LogP contribution in [0.3, 0.4) is 0 Å². The smallest absolute Gasteiger partial charge is 0.258 e. The van der Waals surface area contributed by atoms with E-state index in [1.165, 1.54) is 18.2 Å². The second kappa shape index (κ2) is 10.8. The van der Waals surface area contributed by atoms with Crippen molar-refractivity contribution in [1.82, 2.24) is 5.32 Å². The van der Waals surface area contributed by atoms with E-state index >= 15 is 0 Å². The monoisotopic (exact) mass is 410 g/mol. The molecule has 0 unspecified atom stereocenters. The second-order valence-corrected chi connectivity index (χ2v) is 7.01. The van der Waals surface area contributed by atoms with Crippen LogP contribution in [-0.2, 0) is 9.59 Å². The molecule has 0 aliphatic heterocycles. The predicted octanol–water partition coefficient (Wildman–Crippen LogP) is 3.73.